The number of rotatable bonds is 2. The molecule has 2 aromatic rings. The highest BCUT2D eigenvalue weighted by molar-refractivity contribution is 6.33. The minimum absolute atomic E-state index is 0.291. The molecule has 5 nitrogen and oxygen atoms in total. The minimum atomic E-state index is -4.83. The summed E-state index contributed by atoms with van der Waals surface area (Å²) in [5, 5.41) is 2.90. The molecule has 20 heavy (non-hydrogen) atoms. The van der Waals surface area contributed by atoms with E-state index in [9.17, 15) is 18.0 Å². The van der Waals surface area contributed by atoms with Gasteiger partial charge in [-0.05, 0) is 12.1 Å². The van der Waals surface area contributed by atoms with Crippen molar-refractivity contribution in [2.45, 2.75) is 6.18 Å². The summed E-state index contributed by atoms with van der Waals surface area (Å²) in [6.07, 6.45) is -4.83. The van der Waals surface area contributed by atoms with E-state index in [0.29, 0.717) is 5.69 Å². The molecule has 106 valence electrons. The van der Waals surface area contributed by atoms with Gasteiger partial charge in [-0.1, -0.05) is 29.8 Å². The Kier molecular flexibility index (Phi) is 3.69. The molecular weight excluding hydrogens is 297 g/mol. The molecule has 3 N–H and O–H groups in total. The number of hydrogen-bond donors (Lipinski definition) is 2. The smallest absolute Gasteiger partial charge is 0.290 e. The quantitative estimate of drug-likeness (QED) is 0.507. The SMILES string of the molecule is NNC(=O)c1c(C(F)(F)F)nn(-c2ccccc2)c1Cl. The van der Waals surface area contributed by atoms with Gasteiger partial charge in [-0.3, -0.25) is 10.2 Å². The van der Waals surface area contributed by atoms with E-state index in [0.717, 1.165) is 4.68 Å². The third-order valence-electron chi connectivity index (χ3n) is 2.46. The van der Waals surface area contributed by atoms with E-state index < -0.39 is 28.5 Å². The van der Waals surface area contributed by atoms with Gasteiger partial charge >= 0.3 is 6.18 Å². The summed E-state index contributed by atoms with van der Waals surface area (Å²) in [5.41, 5.74) is -0.295. The first-order valence-electron chi connectivity index (χ1n) is 5.28. The Balaban J connectivity index is 2.68. The molecule has 0 atom stereocenters. The highest BCUT2D eigenvalue weighted by Gasteiger charge is 2.41. The first-order valence-corrected chi connectivity index (χ1v) is 5.66. The van der Waals surface area contributed by atoms with Crippen LogP contribution >= 0.6 is 11.6 Å². The number of aromatic nitrogens is 2. The molecule has 0 bridgehead atoms. The number of nitrogen functional groups attached to an aromatic ring is 1. The maximum Gasteiger partial charge on any atom is 0.436 e. The second-order valence-electron chi connectivity index (χ2n) is 3.73. The van der Waals surface area contributed by atoms with E-state index in [-0.39, 0.29) is 0 Å². The summed E-state index contributed by atoms with van der Waals surface area (Å²) >= 11 is 5.83. The topological polar surface area (TPSA) is 72.9 Å². The Labute approximate surface area is 116 Å². The molecule has 1 aromatic carbocycles. The highest BCUT2D eigenvalue weighted by Crippen LogP contribution is 2.35. The predicted octanol–water partition coefficient (Wildman–Crippen LogP) is 2.15. The molecule has 1 heterocycles. The molecule has 0 aliphatic carbocycles. The van der Waals surface area contributed by atoms with E-state index in [4.69, 9.17) is 17.4 Å². The molecule has 2 rings (SSSR count). The Bertz CT molecular complexity index is 639. The largest absolute Gasteiger partial charge is 0.436 e. The zero-order chi connectivity index (χ0) is 14.9. The van der Waals surface area contributed by atoms with Crippen molar-refractivity contribution in [3.05, 3.63) is 46.7 Å². The van der Waals surface area contributed by atoms with E-state index in [1.54, 1.807) is 23.6 Å². The standard InChI is InChI=1S/C11H8ClF3N4O/c12-9-7(10(20)17-16)8(11(13,14)15)18-19(9)6-4-2-1-3-5-6/h1-5H,16H2,(H,17,20). The number of hydrogen-bond acceptors (Lipinski definition) is 3. The average Bonchev–Trinajstić information content (AvgIpc) is 2.76. The molecule has 0 unspecified atom stereocenters. The van der Waals surface area contributed by atoms with E-state index in [1.807, 2.05) is 0 Å². The van der Waals surface area contributed by atoms with Crippen molar-refractivity contribution < 1.29 is 18.0 Å². The van der Waals surface area contributed by atoms with Crippen molar-refractivity contribution in [3.8, 4) is 5.69 Å². The molecular formula is C11H8ClF3N4O. The molecule has 1 aromatic heterocycles. The molecule has 0 spiro atoms. The summed E-state index contributed by atoms with van der Waals surface area (Å²) < 4.78 is 39.5. The van der Waals surface area contributed by atoms with Gasteiger partial charge in [-0.25, -0.2) is 10.5 Å². The number of carbonyl (C=O) groups is 1. The Morgan fingerprint density at radius 2 is 1.90 bits per heavy atom. The molecule has 0 saturated carbocycles. The summed E-state index contributed by atoms with van der Waals surface area (Å²) in [6.45, 7) is 0. The lowest BCUT2D eigenvalue weighted by molar-refractivity contribution is -0.141. The van der Waals surface area contributed by atoms with Gasteiger partial charge in [0.05, 0.1) is 5.69 Å². The highest BCUT2D eigenvalue weighted by atomic mass is 35.5. The van der Waals surface area contributed by atoms with Crippen LogP contribution in [0.1, 0.15) is 16.1 Å². The van der Waals surface area contributed by atoms with Crippen molar-refractivity contribution in [2.75, 3.05) is 0 Å². The van der Waals surface area contributed by atoms with Crippen LogP contribution in [-0.2, 0) is 6.18 Å². The zero-order valence-electron chi connectivity index (χ0n) is 9.78. The van der Waals surface area contributed by atoms with Gasteiger partial charge in [0.15, 0.2) is 5.69 Å². The number of benzene rings is 1. The molecule has 0 aliphatic rings. The number of amides is 1. The van der Waals surface area contributed by atoms with Crippen LogP contribution in [0.5, 0.6) is 0 Å². The minimum Gasteiger partial charge on any atom is -0.290 e. The molecule has 0 fully saturated rings. The van der Waals surface area contributed by atoms with Crippen LogP contribution in [0.3, 0.4) is 0 Å². The number of nitrogens with zero attached hydrogens (tertiary/aromatic N) is 2. The summed E-state index contributed by atoms with van der Waals surface area (Å²) in [6, 6.07) is 7.89. The number of nitrogens with two attached hydrogens (primary N) is 1. The van der Waals surface area contributed by atoms with Crippen LogP contribution in [-0.4, -0.2) is 15.7 Å². The number of hydrazine groups is 1. The van der Waals surface area contributed by atoms with Crippen LogP contribution in [0.4, 0.5) is 13.2 Å². The van der Waals surface area contributed by atoms with Gasteiger partial charge in [0.25, 0.3) is 5.91 Å². The van der Waals surface area contributed by atoms with Crippen LogP contribution < -0.4 is 11.3 Å². The Morgan fingerprint density at radius 3 is 2.40 bits per heavy atom. The van der Waals surface area contributed by atoms with Crippen molar-refractivity contribution in [3.63, 3.8) is 0 Å². The predicted molar refractivity (Wildman–Crippen MR) is 65.2 cm³/mol. The van der Waals surface area contributed by atoms with Crippen LogP contribution in [0.25, 0.3) is 5.69 Å². The monoisotopic (exact) mass is 304 g/mol. The van der Waals surface area contributed by atoms with Gasteiger partial charge in [-0.2, -0.15) is 18.3 Å². The summed E-state index contributed by atoms with van der Waals surface area (Å²) in [5.74, 6) is 3.71. The first kappa shape index (κ1) is 14.4. The second kappa shape index (κ2) is 5.14. The van der Waals surface area contributed by atoms with Gasteiger partial charge in [0.1, 0.15) is 10.7 Å². The zero-order valence-corrected chi connectivity index (χ0v) is 10.5. The first-order chi connectivity index (χ1) is 9.36. The molecule has 0 radical (unpaired) electrons. The van der Waals surface area contributed by atoms with Crippen LogP contribution in [0.2, 0.25) is 5.15 Å². The lowest BCUT2D eigenvalue weighted by atomic mass is 10.2. The van der Waals surface area contributed by atoms with Crippen molar-refractivity contribution >= 4 is 17.5 Å². The number of nitrogens with one attached hydrogen (secondary N) is 1. The van der Waals surface area contributed by atoms with Gasteiger partial charge < -0.3 is 0 Å². The lowest BCUT2D eigenvalue weighted by Crippen LogP contribution is -2.31. The van der Waals surface area contributed by atoms with E-state index in [1.165, 1.54) is 12.1 Å². The van der Waals surface area contributed by atoms with E-state index in [2.05, 4.69) is 5.10 Å². The number of carbonyl (C=O) groups excluding carboxylic acids is 1. The maximum atomic E-state index is 12.9. The fourth-order valence-electron chi connectivity index (χ4n) is 1.61. The third-order valence-corrected chi connectivity index (χ3v) is 2.81. The fourth-order valence-corrected chi connectivity index (χ4v) is 1.92. The van der Waals surface area contributed by atoms with Crippen LogP contribution in [0.15, 0.2) is 30.3 Å². The molecule has 0 aliphatic heterocycles. The lowest BCUT2D eigenvalue weighted by Gasteiger charge is -2.04. The Hall–Kier alpha value is -2.06. The molecule has 1 amide bonds. The van der Waals surface area contributed by atoms with Gasteiger partial charge in [0.2, 0.25) is 0 Å². The summed E-state index contributed by atoms with van der Waals surface area (Å²) in [7, 11) is 0. The van der Waals surface area contributed by atoms with Crippen molar-refractivity contribution in [1.82, 2.24) is 15.2 Å². The molecule has 0 saturated heterocycles. The fraction of sp³-hybridized carbons (Fsp3) is 0.0909. The molecule has 9 heteroatoms. The van der Waals surface area contributed by atoms with Crippen molar-refractivity contribution in [2.24, 2.45) is 5.84 Å². The van der Waals surface area contributed by atoms with E-state index >= 15 is 0 Å². The number of halogens is 4. The van der Waals surface area contributed by atoms with Gasteiger partial charge in [-0.15, -0.1) is 0 Å². The van der Waals surface area contributed by atoms with Gasteiger partial charge in [0, 0.05) is 0 Å². The number of alkyl halides is 3. The average molecular weight is 305 g/mol. The Morgan fingerprint density at radius 1 is 1.30 bits per heavy atom. The van der Waals surface area contributed by atoms with Crippen molar-refractivity contribution in [1.29, 1.82) is 0 Å². The summed E-state index contributed by atoms with van der Waals surface area (Å²) in [4.78, 5) is 11.5. The third kappa shape index (κ3) is 2.47. The maximum absolute atomic E-state index is 12.9. The van der Waals surface area contributed by atoms with Crippen LogP contribution in [0, 0.1) is 0 Å². The second-order valence-corrected chi connectivity index (χ2v) is 4.09. The normalized spacial score (nSPS) is 11.4. The number of para-hydroxylation sites is 1.